The van der Waals surface area contributed by atoms with Gasteiger partial charge in [-0.2, -0.15) is 0 Å². The van der Waals surface area contributed by atoms with Crippen molar-refractivity contribution in [3.8, 4) is 0 Å². The van der Waals surface area contributed by atoms with Crippen molar-refractivity contribution in [1.82, 2.24) is 0 Å². The summed E-state index contributed by atoms with van der Waals surface area (Å²) in [5, 5.41) is 8.71. The van der Waals surface area contributed by atoms with Crippen LogP contribution in [0.4, 0.5) is 8.78 Å². The predicted molar refractivity (Wildman–Crippen MR) is 59.3 cm³/mol. The van der Waals surface area contributed by atoms with E-state index in [0.717, 1.165) is 0 Å². The van der Waals surface area contributed by atoms with Gasteiger partial charge in [-0.1, -0.05) is 6.92 Å². The van der Waals surface area contributed by atoms with Gasteiger partial charge in [-0.25, -0.2) is 8.78 Å². The summed E-state index contributed by atoms with van der Waals surface area (Å²) in [5.74, 6) is -3.29. The summed E-state index contributed by atoms with van der Waals surface area (Å²) in [6.45, 7) is 2.92. The molecule has 0 amide bonds. The molecule has 1 unspecified atom stereocenters. The number of aliphatic carboxylic acids is 1. The largest absolute Gasteiger partial charge is 0.481 e. The zero-order chi connectivity index (χ0) is 12.5. The third-order valence-corrected chi connectivity index (χ3v) is 2.94. The van der Waals surface area contributed by atoms with Crippen LogP contribution >= 0.6 is 15.9 Å². The fourth-order valence-electron chi connectivity index (χ4n) is 1.37. The van der Waals surface area contributed by atoms with Crippen LogP contribution in [-0.2, 0) is 11.2 Å². The lowest BCUT2D eigenvalue weighted by molar-refractivity contribution is -0.141. The van der Waals surface area contributed by atoms with Crippen LogP contribution < -0.4 is 0 Å². The second-order valence-electron chi connectivity index (χ2n) is 3.73. The molecule has 1 aromatic rings. The van der Waals surface area contributed by atoms with Crippen LogP contribution in [0.5, 0.6) is 0 Å². The minimum absolute atomic E-state index is 0.152. The molecule has 88 valence electrons. The Morgan fingerprint density at radius 3 is 2.56 bits per heavy atom. The minimum atomic E-state index is -1.07. The first-order valence-corrected chi connectivity index (χ1v) is 5.49. The van der Waals surface area contributed by atoms with Gasteiger partial charge >= 0.3 is 5.97 Å². The van der Waals surface area contributed by atoms with E-state index in [1.165, 1.54) is 19.9 Å². The maximum atomic E-state index is 13.6. The number of rotatable bonds is 3. The second-order valence-corrected chi connectivity index (χ2v) is 4.58. The highest BCUT2D eigenvalue weighted by Crippen LogP contribution is 2.26. The minimum Gasteiger partial charge on any atom is -0.481 e. The summed E-state index contributed by atoms with van der Waals surface area (Å²) in [4.78, 5) is 10.6. The molecule has 0 aliphatic carbocycles. The number of hydrogen-bond acceptors (Lipinski definition) is 1. The van der Waals surface area contributed by atoms with Crippen molar-refractivity contribution in [3.05, 3.63) is 33.3 Å². The third-order valence-electron chi connectivity index (χ3n) is 2.36. The first-order valence-electron chi connectivity index (χ1n) is 4.70. The van der Waals surface area contributed by atoms with E-state index < -0.39 is 23.5 Å². The Bertz CT molecular complexity index is 406. The Kier molecular flexibility index (Phi) is 4.02. The van der Waals surface area contributed by atoms with Gasteiger partial charge in [0.2, 0.25) is 0 Å². The standard InChI is InChI=1S/C11H11BrF2O2/c1-5-4-8(12)10(14)7(9(5)13)3-6(2)11(15)16/h4,6H,3H2,1-2H3,(H,15,16). The fourth-order valence-corrected chi connectivity index (χ4v) is 1.95. The lowest BCUT2D eigenvalue weighted by atomic mass is 9.98. The number of halogens is 3. The third kappa shape index (κ3) is 2.58. The molecule has 1 rings (SSSR count). The Balaban J connectivity index is 3.17. The molecule has 5 heteroatoms. The van der Waals surface area contributed by atoms with Crippen molar-refractivity contribution in [1.29, 1.82) is 0 Å². The van der Waals surface area contributed by atoms with Crippen LogP contribution in [0, 0.1) is 24.5 Å². The van der Waals surface area contributed by atoms with E-state index in [9.17, 15) is 13.6 Å². The summed E-state index contributed by atoms with van der Waals surface area (Å²) in [5.41, 5.74) is 0.114. The maximum Gasteiger partial charge on any atom is 0.306 e. The average molecular weight is 293 g/mol. The molecule has 0 saturated carbocycles. The highest BCUT2D eigenvalue weighted by molar-refractivity contribution is 9.10. The van der Waals surface area contributed by atoms with E-state index in [0.29, 0.717) is 5.56 Å². The van der Waals surface area contributed by atoms with Gasteiger partial charge in [-0.15, -0.1) is 0 Å². The maximum absolute atomic E-state index is 13.6. The molecule has 0 aromatic heterocycles. The van der Waals surface area contributed by atoms with Gasteiger partial charge in [0.1, 0.15) is 11.6 Å². The number of carboxylic acid groups (broad SMARTS) is 1. The molecular formula is C11H11BrF2O2. The molecule has 2 nitrogen and oxygen atoms in total. The Hall–Kier alpha value is -0.970. The molecule has 1 N–H and O–H groups in total. The molecule has 16 heavy (non-hydrogen) atoms. The van der Waals surface area contributed by atoms with Gasteiger partial charge in [0.05, 0.1) is 10.4 Å². The molecule has 0 radical (unpaired) electrons. The average Bonchev–Trinajstić information content (AvgIpc) is 2.21. The van der Waals surface area contributed by atoms with Crippen LogP contribution in [-0.4, -0.2) is 11.1 Å². The van der Waals surface area contributed by atoms with E-state index in [2.05, 4.69) is 15.9 Å². The molecule has 0 heterocycles. The van der Waals surface area contributed by atoms with Gasteiger partial charge in [0.25, 0.3) is 0 Å². The van der Waals surface area contributed by atoms with Crippen molar-refractivity contribution >= 4 is 21.9 Å². The van der Waals surface area contributed by atoms with E-state index in [1.807, 2.05) is 0 Å². The number of benzene rings is 1. The van der Waals surface area contributed by atoms with Crippen LogP contribution in [0.3, 0.4) is 0 Å². The second kappa shape index (κ2) is 4.91. The molecule has 1 atom stereocenters. The number of carboxylic acids is 1. The van der Waals surface area contributed by atoms with Crippen molar-refractivity contribution < 1.29 is 18.7 Å². The van der Waals surface area contributed by atoms with Crippen molar-refractivity contribution in [2.24, 2.45) is 5.92 Å². The van der Waals surface area contributed by atoms with Crippen molar-refractivity contribution in [3.63, 3.8) is 0 Å². The lowest BCUT2D eigenvalue weighted by Gasteiger charge is -2.11. The Labute approximate surface area is 100 Å². The molecule has 0 fully saturated rings. The lowest BCUT2D eigenvalue weighted by Crippen LogP contribution is -2.15. The summed E-state index contributed by atoms with van der Waals surface area (Å²) >= 11 is 2.97. The van der Waals surface area contributed by atoms with Gasteiger partial charge in [-0.05, 0) is 40.9 Å². The molecule has 0 saturated heterocycles. The zero-order valence-corrected chi connectivity index (χ0v) is 10.4. The van der Waals surface area contributed by atoms with Crippen LogP contribution in [0.25, 0.3) is 0 Å². The molecular weight excluding hydrogens is 282 g/mol. The summed E-state index contributed by atoms with van der Waals surface area (Å²) in [7, 11) is 0. The smallest absolute Gasteiger partial charge is 0.306 e. The number of carbonyl (C=O) groups is 1. The monoisotopic (exact) mass is 292 g/mol. The summed E-state index contributed by atoms with van der Waals surface area (Å²) in [6.07, 6.45) is -0.159. The highest BCUT2D eigenvalue weighted by atomic mass is 79.9. The van der Waals surface area contributed by atoms with Gasteiger partial charge < -0.3 is 5.11 Å². The molecule has 1 aromatic carbocycles. The topological polar surface area (TPSA) is 37.3 Å². The van der Waals surface area contributed by atoms with Gasteiger partial charge in [0, 0.05) is 5.56 Å². The Morgan fingerprint density at radius 2 is 2.06 bits per heavy atom. The van der Waals surface area contributed by atoms with Crippen LogP contribution in [0.15, 0.2) is 10.5 Å². The van der Waals surface area contributed by atoms with E-state index >= 15 is 0 Å². The summed E-state index contributed by atoms with van der Waals surface area (Å²) < 4.78 is 27.4. The molecule has 0 aliphatic rings. The molecule has 0 spiro atoms. The van der Waals surface area contributed by atoms with E-state index in [-0.39, 0.29) is 16.5 Å². The van der Waals surface area contributed by atoms with Crippen molar-refractivity contribution in [2.45, 2.75) is 20.3 Å². The molecule has 0 bridgehead atoms. The number of aryl methyl sites for hydroxylation is 1. The first kappa shape index (κ1) is 13.1. The first-order chi connectivity index (χ1) is 7.34. The van der Waals surface area contributed by atoms with Crippen molar-refractivity contribution in [2.75, 3.05) is 0 Å². The normalized spacial score (nSPS) is 12.6. The van der Waals surface area contributed by atoms with E-state index in [1.54, 1.807) is 0 Å². The van der Waals surface area contributed by atoms with Gasteiger partial charge in [-0.3, -0.25) is 4.79 Å². The number of hydrogen-bond donors (Lipinski definition) is 1. The Morgan fingerprint density at radius 1 is 1.50 bits per heavy atom. The predicted octanol–water partition coefficient (Wildman–Crippen LogP) is 3.30. The fraction of sp³-hybridized carbons (Fsp3) is 0.364. The molecule has 0 aliphatic heterocycles. The SMILES string of the molecule is Cc1cc(Br)c(F)c(CC(C)C(=O)O)c1F. The highest BCUT2D eigenvalue weighted by Gasteiger charge is 2.20. The quantitative estimate of drug-likeness (QED) is 0.868. The zero-order valence-electron chi connectivity index (χ0n) is 8.85. The van der Waals surface area contributed by atoms with Crippen LogP contribution in [0.2, 0.25) is 0 Å². The summed E-state index contributed by atoms with van der Waals surface area (Å²) in [6, 6.07) is 1.33. The van der Waals surface area contributed by atoms with Crippen LogP contribution in [0.1, 0.15) is 18.1 Å². The van der Waals surface area contributed by atoms with Gasteiger partial charge in [0.15, 0.2) is 0 Å². The van der Waals surface area contributed by atoms with E-state index in [4.69, 9.17) is 5.11 Å².